The van der Waals surface area contributed by atoms with Crippen LogP contribution in [0.4, 0.5) is 0 Å². The maximum absolute atomic E-state index is 12.9. The lowest BCUT2D eigenvalue weighted by Crippen LogP contribution is -2.02. The van der Waals surface area contributed by atoms with Crippen molar-refractivity contribution in [3.63, 3.8) is 0 Å². The summed E-state index contributed by atoms with van der Waals surface area (Å²) in [5, 5.41) is 0. The Labute approximate surface area is 144 Å². The van der Waals surface area contributed by atoms with Crippen LogP contribution in [0.15, 0.2) is 89.4 Å². The normalized spacial score (nSPS) is 11.3. The predicted molar refractivity (Wildman–Crippen MR) is 99.2 cm³/mol. The van der Waals surface area contributed by atoms with Gasteiger partial charge in [0.1, 0.15) is 0 Å². The van der Waals surface area contributed by atoms with Crippen LogP contribution in [-0.4, -0.2) is 5.78 Å². The van der Waals surface area contributed by atoms with Gasteiger partial charge in [0.05, 0.1) is 0 Å². The third-order valence-corrected chi connectivity index (χ3v) is 4.08. The van der Waals surface area contributed by atoms with Crippen LogP contribution < -0.4 is 0 Å². The van der Waals surface area contributed by atoms with Crippen molar-refractivity contribution in [2.45, 2.75) is 0 Å². The number of ketones is 1. The molecule has 0 atom stereocenters. The second-order valence-electron chi connectivity index (χ2n) is 5.17. The number of halogens is 1. The van der Waals surface area contributed by atoms with Crippen LogP contribution in [-0.2, 0) is 0 Å². The minimum atomic E-state index is 0.0275. The van der Waals surface area contributed by atoms with E-state index in [1.54, 1.807) is 0 Å². The maximum atomic E-state index is 12.9. The van der Waals surface area contributed by atoms with Gasteiger partial charge in [-0.25, -0.2) is 0 Å². The number of hydrogen-bond donors (Lipinski definition) is 0. The minimum absolute atomic E-state index is 0.0275. The largest absolute Gasteiger partial charge is 0.289 e. The van der Waals surface area contributed by atoms with Gasteiger partial charge in [0.15, 0.2) is 5.78 Å². The molecule has 0 aliphatic heterocycles. The van der Waals surface area contributed by atoms with Crippen molar-refractivity contribution in [3.8, 4) is 0 Å². The number of carbonyl (C=O) groups excluding carboxylic acids is 1. The highest BCUT2D eigenvalue weighted by Crippen LogP contribution is 2.23. The highest BCUT2D eigenvalue weighted by Gasteiger charge is 2.14. The molecule has 0 radical (unpaired) electrons. The lowest BCUT2D eigenvalue weighted by Gasteiger charge is -2.08. The third-order valence-electron chi connectivity index (χ3n) is 3.55. The zero-order valence-electron chi connectivity index (χ0n) is 12.4. The molecule has 3 aromatic carbocycles. The Bertz CT molecular complexity index is 819. The highest BCUT2D eigenvalue weighted by molar-refractivity contribution is 9.10. The van der Waals surface area contributed by atoms with Gasteiger partial charge >= 0.3 is 0 Å². The van der Waals surface area contributed by atoms with Crippen LogP contribution in [0.25, 0.3) is 11.6 Å². The molecule has 2 heteroatoms. The molecule has 112 valence electrons. The Balaban J connectivity index is 2.07. The molecule has 3 aromatic rings. The van der Waals surface area contributed by atoms with Gasteiger partial charge in [0.2, 0.25) is 0 Å². The van der Waals surface area contributed by atoms with Gasteiger partial charge in [-0.15, -0.1) is 0 Å². The molecule has 0 unspecified atom stereocenters. The monoisotopic (exact) mass is 362 g/mol. The first-order valence-corrected chi connectivity index (χ1v) is 8.16. The van der Waals surface area contributed by atoms with E-state index in [0.29, 0.717) is 11.1 Å². The second-order valence-corrected chi connectivity index (χ2v) is 6.09. The fraction of sp³-hybridized carbons (Fsp3) is 0. The predicted octanol–water partition coefficient (Wildman–Crippen LogP) is 5.87. The van der Waals surface area contributed by atoms with Gasteiger partial charge in [-0.3, -0.25) is 4.79 Å². The zero-order valence-corrected chi connectivity index (χ0v) is 14.0. The lowest BCUT2D eigenvalue weighted by atomic mass is 9.95. The maximum Gasteiger partial charge on any atom is 0.193 e. The minimum Gasteiger partial charge on any atom is -0.289 e. The van der Waals surface area contributed by atoms with E-state index in [9.17, 15) is 4.79 Å². The van der Waals surface area contributed by atoms with E-state index < -0.39 is 0 Å². The summed E-state index contributed by atoms with van der Waals surface area (Å²) in [5.41, 5.74) is 3.31. The number of carbonyl (C=O) groups is 1. The fourth-order valence-electron chi connectivity index (χ4n) is 2.37. The number of rotatable bonds is 4. The molecule has 0 aliphatic carbocycles. The van der Waals surface area contributed by atoms with Gasteiger partial charge in [-0.1, -0.05) is 88.7 Å². The summed E-state index contributed by atoms with van der Waals surface area (Å²) in [7, 11) is 0. The molecule has 1 nitrogen and oxygen atoms in total. The summed E-state index contributed by atoms with van der Waals surface area (Å²) in [5.74, 6) is 0.0275. The fourth-order valence-corrected chi connectivity index (χ4v) is 2.63. The Morgan fingerprint density at radius 2 is 1.22 bits per heavy atom. The zero-order chi connectivity index (χ0) is 16.1. The summed E-state index contributed by atoms with van der Waals surface area (Å²) in [6.07, 6.45) is 1.94. The smallest absolute Gasteiger partial charge is 0.193 e. The third kappa shape index (κ3) is 3.85. The van der Waals surface area contributed by atoms with Crippen molar-refractivity contribution in [3.05, 3.63) is 106 Å². The molecule has 0 saturated heterocycles. The first-order valence-electron chi connectivity index (χ1n) is 7.36. The van der Waals surface area contributed by atoms with Crippen molar-refractivity contribution in [2.24, 2.45) is 0 Å². The number of Topliss-reactive ketones (excluding diaryl/α,β-unsaturated/α-hetero) is 1. The van der Waals surface area contributed by atoms with Crippen molar-refractivity contribution in [1.29, 1.82) is 0 Å². The molecule has 0 N–H and O–H groups in total. The molecular weight excluding hydrogens is 348 g/mol. The van der Waals surface area contributed by atoms with E-state index in [4.69, 9.17) is 0 Å². The number of hydrogen-bond acceptors (Lipinski definition) is 1. The highest BCUT2D eigenvalue weighted by atomic mass is 79.9. The molecular formula is C21H15BrO. The van der Waals surface area contributed by atoms with Gasteiger partial charge in [-0.05, 0) is 29.3 Å². The van der Waals surface area contributed by atoms with Crippen LogP contribution in [0.2, 0.25) is 0 Å². The first kappa shape index (κ1) is 15.4. The molecule has 0 bridgehead atoms. The average molecular weight is 363 g/mol. The Morgan fingerprint density at radius 3 is 1.78 bits per heavy atom. The Hall–Kier alpha value is -2.45. The number of allylic oxidation sites excluding steroid dienone is 1. The molecule has 0 heterocycles. The first-order chi connectivity index (χ1) is 11.2. The van der Waals surface area contributed by atoms with E-state index in [-0.39, 0.29) is 5.78 Å². The quantitative estimate of drug-likeness (QED) is 0.322. The summed E-state index contributed by atoms with van der Waals surface area (Å²) >= 11 is 3.43. The SMILES string of the molecule is O=C(C(=Cc1ccc(Br)cc1)c1ccccc1)c1ccccc1. The average Bonchev–Trinajstić information content (AvgIpc) is 2.62. The standard InChI is InChI=1S/C21H15BrO/c22-19-13-11-16(12-14-19)15-20(17-7-3-1-4-8-17)21(23)18-9-5-2-6-10-18/h1-15H. The van der Waals surface area contributed by atoms with Gasteiger partial charge in [0.25, 0.3) is 0 Å². The van der Waals surface area contributed by atoms with Gasteiger partial charge in [-0.2, -0.15) is 0 Å². The number of benzene rings is 3. The molecule has 0 spiro atoms. The van der Waals surface area contributed by atoms with E-state index in [2.05, 4.69) is 15.9 Å². The van der Waals surface area contributed by atoms with Crippen LogP contribution in [0.1, 0.15) is 21.5 Å². The van der Waals surface area contributed by atoms with Crippen LogP contribution in [0.5, 0.6) is 0 Å². The molecule has 3 rings (SSSR count). The van der Waals surface area contributed by atoms with E-state index in [1.807, 2.05) is 91.0 Å². The summed E-state index contributed by atoms with van der Waals surface area (Å²) < 4.78 is 1.02. The van der Waals surface area contributed by atoms with E-state index in [0.717, 1.165) is 15.6 Å². The molecule has 0 aromatic heterocycles. The summed E-state index contributed by atoms with van der Waals surface area (Å²) in [6.45, 7) is 0. The van der Waals surface area contributed by atoms with E-state index in [1.165, 1.54) is 0 Å². The Morgan fingerprint density at radius 1 is 0.696 bits per heavy atom. The summed E-state index contributed by atoms with van der Waals surface area (Å²) in [6, 6.07) is 27.1. The van der Waals surface area contributed by atoms with E-state index >= 15 is 0 Å². The molecule has 0 amide bonds. The summed E-state index contributed by atoms with van der Waals surface area (Å²) in [4.78, 5) is 12.9. The van der Waals surface area contributed by atoms with Crippen LogP contribution in [0, 0.1) is 0 Å². The van der Waals surface area contributed by atoms with Gasteiger partial charge in [0, 0.05) is 15.6 Å². The molecule has 0 fully saturated rings. The topological polar surface area (TPSA) is 17.1 Å². The molecule has 23 heavy (non-hydrogen) atoms. The van der Waals surface area contributed by atoms with Gasteiger partial charge < -0.3 is 0 Å². The van der Waals surface area contributed by atoms with Crippen LogP contribution >= 0.6 is 15.9 Å². The van der Waals surface area contributed by atoms with Crippen molar-refractivity contribution in [1.82, 2.24) is 0 Å². The second kappa shape index (κ2) is 7.21. The molecule has 0 saturated carbocycles. The van der Waals surface area contributed by atoms with Crippen LogP contribution in [0.3, 0.4) is 0 Å². The van der Waals surface area contributed by atoms with Crippen molar-refractivity contribution < 1.29 is 4.79 Å². The van der Waals surface area contributed by atoms with Crippen molar-refractivity contribution in [2.75, 3.05) is 0 Å². The molecule has 0 aliphatic rings. The Kier molecular flexibility index (Phi) is 4.84. The lowest BCUT2D eigenvalue weighted by molar-refractivity contribution is 0.105. The van der Waals surface area contributed by atoms with Crippen molar-refractivity contribution >= 4 is 33.4 Å².